The summed E-state index contributed by atoms with van der Waals surface area (Å²) in [7, 11) is 0. The highest BCUT2D eigenvalue weighted by Crippen LogP contribution is 2.35. The van der Waals surface area contributed by atoms with Crippen LogP contribution in [0.25, 0.3) is 5.57 Å². The van der Waals surface area contributed by atoms with Crippen molar-refractivity contribution >= 4 is 23.1 Å². The summed E-state index contributed by atoms with van der Waals surface area (Å²) >= 11 is 5.86. The van der Waals surface area contributed by atoms with Crippen molar-refractivity contribution in [1.82, 2.24) is 0 Å². The minimum absolute atomic E-state index is 0.180. The van der Waals surface area contributed by atoms with Crippen LogP contribution >= 0.6 is 11.6 Å². The van der Waals surface area contributed by atoms with E-state index in [0.29, 0.717) is 17.0 Å². The average molecular weight is 234 g/mol. The number of carbonyl (C=O) groups is 1. The van der Waals surface area contributed by atoms with Crippen LogP contribution in [0.15, 0.2) is 23.8 Å². The Balaban J connectivity index is 2.63. The van der Waals surface area contributed by atoms with Crippen molar-refractivity contribution in [2.45, 2.75) is 12.8 Å². The van der Waals surface area contributed by atoms with Gasteiger partial charge in [-0.1, -0.05) is 17.7 Å². The van der Waals surface area contributed by atoms with Crippen LogP contribution in [-0.4, -0.2) is 11.1 Å². The number of aryl methyl sites for hydroxylation is 1. The molecule has 1 aliphatic carbocycles. The number of carboxylic acid groups (broad SMARTS) is 1. The van der Waals surface area contributed by atoms with E-state index in [1.54, 1.807) is 18.2 Å². The van der Waals surface area contributed by atoms with Gasteiger partial charge in [-0.2, -0.15) is 5.26 Å². The molecular weight excluding hydrogens is 226 g/mol. The molecule has 0 saturated carbocycles. The monoisotopic (exact) mass is 233 g/mol. The lowest BCUT2D eigenvalue weighted by atomic mass is 10.0. The molecule has 0 aliphatic heterocycles. The van der Waals surface area contributed by atoms with Crippen LogP contribution in [0.1, 0.15) is 17.5 Å². The molecule has 80 valence electrons. The molecule has 0 saturated heterocycles. The summed E-state index contributed by atoms with van der Waals surface area (Å²) in [4.78, 5) is 10.9. The Labute approximate surface area is 97.6 Å². The van der Waals surface area contributed by atoms with Crippen molar-refractivity contribution < 1.29 is 9.90 Å². The molecule has 0 heterocycles. The molecule has 1 N–H and O–H groups in total. The zero-order valence-corrected chi connectivity index (χ0v) is 9.08. The lowest BCUT2D eigenvalue weighted by molar-refractivity contribution is -0.132. The standard InChI is InChI=1S/C12H8ClNO2/c13-8-3-1-7-2-4-9(10(7)5-8)11(6-14)12(15)16/h1,3,5H,2,4H2,(H,15,16)/b11-9+. The normalized spacial score (nSPS) is 16.5. The van der Waals surface area contributed by atoms with Gasteiger partial charge in [0.2, 0.25) is 0 Å². The van der Waals surface area contributed by atoms with Gasteiger partial charge < -0.3 is 5.11 Å². The van der Waals surface area contributed by atoms with E-state index in [0.717, 1.165) is 17.5 Å². The predicted octanol–water partition coefficient (Wildman–Crippen LogP) is 2.65. The first-order chi connectivity index (χ1) is 7.63. The van der Waals surface area contributed by atoms with E-state index in [2.05, 4.69) is 0 Å². The maximum absolute atomic E-state index is 10.9. The number of fused-ring (bicyclic) bond motifs is 1. The third-order valence-corrected chi connectivity index (χ3v) is 2.90. The molecule has 0 fully saturated rings. The maximum atomic E-state index is 10.9. The van der Waals surface area contributed by atoms with Crippen LogP contribution in [-0.2, 0) is 11.2 Å². The van der Waals surface area contributed by atoms with Gasteiger partial charge in [0.1, 0.15) is 11.6 Å². The topological polar surface area (TPSA) is 61.1 Å². The number of aliphatic carboxylic acids is 1. The maximum Gasteiger partial charge on any atom is 0.346 e. The Bertz CT molecular complexity index is 540. The third kappa shape index (κ3) is 1.68. The number of hydrogen-bond donors (Lipinski definition) is 1. The van der Waals surface area contributed by atoms with E-state index in [9.17, 15) is 4.79 Å². The van der Waals surface area contributed by atoms with Crippen molar-refractivity contribution in [3.8, 4) is 6.07 Å². The molecule has 1 aromatic carbocycles. The molecule has 0 spiro atoms. The summed E-state index contributed by atoms with van der Waals surface area (Å²) in [6.07, 6.45) is 1.35. The number of carboxylic acids is 1. The lowest BCUT2D eigenvalue weighted by Crippen LogP contribution is -2.01. The number of benzene rings is 1. The van der Waals surface area contributed by atoms with Crippen molar-refractivity contribution in [2.75, 3.05) is 0 Å². The van der Waals surface area contributed by atoms with E-state index >= 15 is 0 Å². The van der Waals surface area contributed by atoms with Gasteiger partial charge in [-0.3, -0.25) is 0 Å². The summed E-state index contributed by atoms with van der Waals surface area (Å²) in [5, 5.41) is 18.3. The Hall–Kier alpha value is -1.79. The van der Waals surface area contributed by atoms with Crippen molar-refractivity contribution in [3.05, 3.63) is 39.9 Å². The molecule has 0 unspecified atom stereocenters. The molecule has 4 heteroatoms. The van der Waals surface area contributed by atoms with Crippen LogP contribution in [0.2, 0.25) is 5.02 Å². The Morgan fingerprint density at radius 1 is 1.44 bits per heavy atom. The van der Waals surface area contributed by atoms with Gasteiger partial charge in [0, 0.05) is 5.02 Å². The van der Waals surface area contributed by atoms with E-state index in [-0.39, 0.29) is 5.57 Å². The summed E-state index contributed by atoms with van der Waals surface area (Å²) < 4.78 is 0. The van der Waals surface area contributed by atoms with Gasteiger partial charge in [0.25, 0.3) is 0 Å². The molecule has 0 radical (unpaired) electrons. The Morgan fingerprint density at radius 2 is 2.19 bits per heavy atom. The molecule has 3 nitrogen and oxygen atoms in total. The van der Waals surface area contributed by atoms with Gasteiger partial charge >= 0.3 is 5.97 Å². The highest BCUT2D eigenvalue weighted by molar-refractivity contribution is 6.30. The quantitative estimate of drug-likeness (QED) is 0.599. The van der Waals surface area contributed by atoms with E-state index in [4.69, 9.17) is 22.0 Å². The van der Waals surface area contributed by atoms with E-state index in [1.165, 1.54) is 0 Å². The fourth-order valence-electron chi connectivity index (χ4n) is 1.95. The Kier molecular flexibility index (Phi) is 2.67. The zero-order chi connectivity index (χ0) is 11.7. The summed E-state index contributed by atoms with van der Waals surface area (Å²) in [6.45, 7) is 0. The second kappa shape index (κ2) is 3.99. The largest absolute Gasteiger partial charge is 0.477 e. The second-order valence-electron chi connectivity index (χ2n) is 3.57. The zero-order valence-electron chi connectivity index (χ0n) is 8.33. The minimum Gasteiger partial charge on any atom is -0.477 e. The molecule has 16 heavy (non-hydrogen) atoms. The molecule has 0 amide bonds. The second-order valence-corrected chi connectivity index (χ2v) is 4.01. The summed E-state index contributed by atoms with van der Waals surface area (Å²) in [5.41, 5.74) is 2.26. The number of nitriles is 1. The highest BCUT2D eigenvalue weighted by Gasteiger charge is 2.23. The van der Waals surface area contributed by atoms with Crippen molar-refractivity contribution in [3.63, 3.8) is 0 Å². The number of allylic oxidation sites excluding steroid dienone is 1. The molecular formula is C12H8ClNO2. The number of rotatable bonds is 1. The number of halogens is 1. The van der Waals surface area contributed by atoms with Gasteiger partial charge in [0.15, 0.2) is 0 Å². The molecule has 0 aromatic heterocycles. The summed E-state index contributed by atoms with van der Waals surface area (Å²) in [5.74, 6) is -1.18. The fraction of sp³-hybridized carbons (Fsp3) is 0.167. The average Bonchev–Trinajstić information content (AvgIpc) is 2.62. The number of nitrogens with zero attached hydrogens (tertiary/aromatic N) is 1. The van der Waals surface area contributed by atoms with Gasteiger partial charge in [-0.05, 0) is 41.7 Å². The minimum atomic E-state index is -1.18. The first-order valence-electron chi connectivity index (χ1n) is 4.79. The SMILES string of the molecule is N#C/C(C(=O)O)=C1/CCc2ccc(Cl)cc21. The predicted molar refractivity (Wildman–Crippen MR) is 59.9 cm³/mol. The smallest absolute Gasteiger partial charge is 0.346 e. The van der Waals surface area contributed by atoms with E-state index in [1.807, 2.05) is 6.07 Å². The lowest BCUT2D eigenvalue weighted by Gasteiger charge is -2.02. The van der Waals surface area contributed by atoms with Gasteiger partial charge in [0.05, 0.1) is 0 Å². The Morgan fingerprint density at radius 3 is 2.81 bits per heavy atom. The molecule has 0 bridgehead atoms. The summed E-state index contributed by atoms with van der Waals surface area (Å²) in [6, 6.07) is 7.11. The third-order valence-electron chi connectivity index (χ3n) is 2.67. The van der Waals surface area contributed by atoms with Crippen molar-refractivity contribution in [1.29, 1.82) is 5.26 Å². The first-order valence-corrected chi connectivity index (χ1v) is 5.16. The first kappa shape index (κ1) is 10.7. The fourth-order valence-corrected chi connectivity index (χ4v) is 2.12. The van der Waals surface area contributed by atoms with Crippen LogP contribution < -0.4 is 0 Å². The number of hydrogen-bond acceptors (Lipinski definition) is 2. The van der Waals surface area contributed by atoms with Crippen molar-refractivity contribution in [2.24, 2.45) is 0 Å². The van der Waals surface area contributed by atoms with Crippen LogP contribution in [0.3, 0.4) is 0 Å². The van der Waals surface area contributed by atoms with Gasteiger partial charge in [-0.15, -0.1) is 0 Å². The van der Waals surface area contributed by atoms with Crippen LogP contribution in [0.5, 0.6) is 0 Å². The molecule has 0 atom stereocenters. The van der Waals surface area contributed by atoms with Crippen LogP contribution in [0.4, 0.5) is 0 Å². The molecule has 1 aromatic rings. The highest BCUT2D eigenvalue weighted by atomic mass is 35.5. The van der Waals surface area contributed by atoms with Gasteiger partial charge in [-0.25, -0.2) is 4.79 Å². The van der Waals surface area contributed by atoms with Crippen LogP contribution in [0, 0.1) is 11.3 Å². The van der Waals surface area contributed by atoms with E-state index < -0.39 is 5.97 Å². The molecule has 1 aliphatic rings. The molecule has 2 rings (SSSR count).